The average molecular weight is 419 g/mol. The second-order valence-corrected chi connectivity index (χ2v) is 9.78. The first-order chi connectivity index (χ1) is 15.5. The molecule has 3 aromatic rings. The summed E-state index contributed by atoms with van der Waals surface area (Å²) in [6.07, 6.45) is 11.5. The van der Waals surface area contributed by atoms with Crippen LogP contribution >= 0.6 is 0 Å². The highest BCUT2D eigenvalue weighted by Gasteiger charge is 2.47. The highest BCUT2D eigenvalue weighted by atomic mass is 16.1. The van der Waals surface area contributed by atoms with E-state index in [9.17, 15) is 4.79 Å². The van der Waals surface area contributed by atoms with E-state index >= 15 is 0 Å². The number of rotatable bonds is 7. The summed E-state index contributed by atoms with van der Waals surface area (Å²) in [6, 6.07) is 24.9. The van der Waals surface area contributed by atoms with Crippen molar-refractivity contribution in [2.24, 2.45) is 11.3 Å². The van der Waals surface area contributed by atoms with Crippen LogP contribution in [-0.2, 0) is 19.3 Å². The van der Waals surface area contributed by atoms with Gasteiger partial charge in [-0.1, -0.05) is 104 Å². The minimum absolute atomic E-state index is 0.0846. The third-order valence-electron chi connectivity index (χ3n) is 7.10. The summed E-state index contributed by atoms with van der Waals surface area (Å²) in [5.74, 6) is 0.849. The van der Waals surface area contributed by atoms with E-state index in [1.165, 1.54) is 34.2 Å². The molecule has 2 unspecified atom stereocenters. The van der Waals surface area contributed by atoms with Crippen molar-refractivity contribution in [3.63, 3.8) is 0 Å². The molecule has 0 aromatic heterocycles. The fourth-order valence-electron chi connectivity index (χ4n) is 4.63. The van der Waals surface area contributed by atoms with Gasteiger partial charge in [0.2, 0.25) is 0 Å². The number of allylic oxidation sites excluding steroid dienone is 4. The molecule has 0 aliphatic heterocycles. The Labute approximate surface area is 191 Å². The van der Waals surface area contributed by atoms with Gasteiger partial charge in [-0.25, -0.2) is 0 Å². The van der Waals surface area contributed by atoms with E-state index in [-0.39, 0.29) is 5.78 Å². The van der Waals surface area contributed by atoms with Gasteiger partial charge >= 0.3 is 0 Å². The van der Waals surface area contributed by atoms with Crippen LogP contribution in [0.2, 0.25) is 0 Å². The quantitative estimate of drug-likeness (QED) is 0.375. The number of carbonyl (C=O) groups excluding carboxylic acids is 1. The Kier molecular flexibility index (Phi) is 5.43. The molecule has 0 heterocycles. The molecule has 0 N–H and O–H groups in total. The van der Waals surface area contributed by atoms with Crippen LogP contribution in [0.25, 0.3) is 0 Å². The van der Waals surface area contributed by atoms with Gasteiger partial charge in [-0.2, -0.15) is 0 Å². The number of carbonyl (C=O) groups is 1. The number of benzene rings is 3. The summed E-state index contributed by atoms with van der Waals surface area (Å²) in [6.45, 7) is 4.39. The lowest BCUT2D eigenvalue weighted by Crippen LogP contribution is -2.01. The second-order valence-electron chi connectivity index (χ2n) is 9.78. The van der Waals surface area contributed by atoms with Gasteiger partial charge in [0, 0.05) is 11.1 Å². The van der Waals surface area contributed by atoms with Crippen molar-refractivity contribution in [1.82, 2.24) is 0 Å². The molecule has 1 saturated carbocycles. The van der Waals surface area contributed by atoms with Crippen molar-refractivity contribution in [1.29, 1.82) is 0 Å². The molecule has 1 heteroatoms. The van der Waals surface area contributed by atoms with Gasteiger partial charge < -0.3 is 0 Å². The average Bonchev–Trinajstić information content (AvgIpc) is 3.49. The Bertz CT molecular complexity index is 1180. The largest absolute Gasteiger partial charge is 0.289 e. The Balaban J connectivity index is 1.15. The summed E-state index contributed by atoms with van der Waals surface area (Å²) in [5, 5.41) is 0. The molecule has 1 nitrogen and oxygen atoms in total. The highest BCUT2D eigenvalue weighted by molar-refractivity contribution is 6.08. The molecule has 0 spiro atoms. The van der Waals surface area contributed by atoms with Crippen molar-refractivity contribution in [3.8, 4) is 0 Å². The van der Waals surface area contributed by atoms with Crippen molar-refractivity contribution in [2.45, 2.75) is 39.5 Å². The first kappa shape index (κ1) is 20.7. The molecular formula is C31H30O. The number of ketones is 1. The van der Waals surface area contributed by atoms with Crippen LogP contribution in [0.1, 0.15) is 51.5 Å². The van der Waals surface area contributed by atoms with Gasteiger partial charge in [0.05, 0.1) is 0 Å². The summed E-state index contributed by atoms with van der Waals surface area (Å²) >= 11 is 0. The van der Waals surface area contributed by atoms with Crippen LogP contribution in [0.15, 0.2) is 96.6 Å². The van der Waals surface area contributed by atoms with Gasteiger partial charge in [-0.05, 0) is 66.2 Å². The molecular weight excluding hydrogens is 388 g/mol. The molecule has 0 amide bonds. The summed E-state index contributed by atoms with van der Waals surface area (Å²) in [7, 11) is 0. The number of hydrogen-bond donors (Lipinski definition) is 0. The van der Waals surface area contributed by atoms with Gasteiger partial charge in [0.25, 0.3) is 0 Å². The van der Waals surface area contributed by atoms with Crippen LogP contribution in [0, 0.1) is 18.3 Å². The third-order valence-corrected chi connectivity index (χ3v) is 7.10. The lowest BCUT2D eigenvalue weighted by atomic mass is 9.93. The maximum atomic E-state index is 12.7. The topological polar surface area (TPSA) is 17.1 Å². The lowest BCUT2D eigenvalue weighted by Gasteiger charge is -2.12. The van der Waals surface area contributed by atoms with Gasteiger partial charge in [0.1, 0.15) is 0 Å². The summed E-state index contributed by atoms with van der Waals surface area (Å²) < 4.78 is 0. The molecule has 5 rings (SSSR count). The van der Waals surface area contributed by atoms with E-state index in [0.29, 0.717) is 5.41 Å². The van der Waals surface area contributed by atoms with Crippen LogP contribution in [-0.4, -0.2) is 5.78 Å². The van der Waals surface area contributed by atoms with Crippen molar-refractivity contribution >= 4 is 5.78 Å². The molecule has 2 aliphatic rings. The van der Waals surface area contributed by atoms with E-state index in [1.54, 1.807) is 0 Å². The molecule has 0 saturated heterocycles. The predicted molar refractivity (Wildman–Crippen MR) is 132 cm³/mol. The molecule has 160 valence electrons. The minimum Gasteiger partial charge on any atom is -0.289 e. The molecule has 0 bridgehead atoms. The van der Waals surface area contributed by atoms with Gasteiger partial charge in [-0.15, -0.1) is 0 Å². The number of hydrogen-bond acceptors (Lipinski definition) is 1. The SMILES string of the molecule is Cc1ccc(C(=O)c2ccc(CCc3ccc(CC4=CC5CC5(C)C=C4)cc3)cc2)cc1. The van der Waals surface area contributed by atoms with Gasteiger partial charge in [-0.3, -0.25) is 4.79 Å². The van der Waals surface area contributed by atoms with Gasteiger partial charge in [0.15, 0.2) is 5.78 Å². The van der Waals surface area contributed by atoms with Crippen molar-refractivity contribution in [2.75, 3.05) is 0 Å². The molecule has 3 aromatic carbocycles. The van der Waals surface area contributed by atoms with E-state index in [1.807, 2.05) is 43.3 Å². The molecule has 1 fully saturated rings. The zero-order valence-corrected chi connectivity index (χ0v) is 19.0. The zero-order chi connectivity index (χ0) is 22.1. The Morgan fingerprint density at radius 3 is 1.94 bits per heavy atom. The maximum absolute atomic E-state index is 12.7. The van der Waals surface area contributed by atoms with E-state index in [0.717, 1.165) is 36.3 Å². The Morgan fingerprint density at radius 1 is 0.812 bits per heavy atom. The van der Waals surface area contributed by atoms with Crippen molar-refractivity contribution in [3.05, 3.63) is 130 Å². The maximum Gasteiger partial charge on any atom is 0.193 e. The zero-order valence-electron chi connectivity index (χ0n) is 19.0. The molecule has 0 radical (unpaired) electrons. The first-order valence-electron chi connectivity index (χ1n) is 11.7. The Hall–Kier alpha value is -3.19. The Morgan fingerprint density at radius 2 is 1.34 bits per heavy atom. The van der Waals surface area contributed by atoms with Crippen LogP contribution < -0.4 is 0 Å². The van der Waals surface area contributed by atoms with E-state index in [2.05, 4.69) is 61.5 Å². The first-order valence-corrected chi connectivity index (χ1v) is 11.7. The van der Waals surface area contributed by atoms with E-state index < -0.39 is 0 Å². The van der Waals surface area contributed by atoms with Crippen LogP contribution in [0.4, 0.5) is 0 Å². The second kappa shape index (κ2) is 8.39. The molecule has 32 heavy (non-hydrogen) atoms. The monoisotopic (exact) mass is 418 g/mol. The van der Waals surface area contributed by atoms with Crippen molar-refractivity contribution < 1.29 is 4.79 Å². The molecule has 2 aliphatic carbocycles. The predicted octanol–water partition coefficient (Wildman–Crippen LogP) is 7.08. The van der Waals surface area contributed by atoms with Crippen LogP contribution in [0.3, 0.4) is 0 Å². The third kappa shape index (κ3) is 4.53. The fraction of sp³-hybridized carbons (Fsp3) is 0.258. The summed E-state index contributed by atoms with van der Waals surface area (Å²) in [4.78, 5) is 12.7. The molecule has 2 atom stereocenters. The minimum atomic E-state index is 0.0846. The van der Waals surface area contributed by atoms with Crippen LogP contribution in [0.5, 0.6) is 0 Å². The number of fused-ring (bicyclic) bond motifs is 1. The lowest BCUT2D eigenvalue weighted by molar-refractivity contribution is 0.103. The highest BCUT2D eigenvalue weighted by Crippen LogP contribution is 2.56. The standard InChI is InChI=1S/C31H30O/c1-22-3-13-27(14-4-22)30(32)28-15-11-24(12-16-28)6-5-23-7-9-25(10-8-23)19-26-17-18-31(2)21-29(31)20-26/h3-4,7-18,20,29H,5-6,19,21H2,1-2H3. The van der Waals surface area contributed by atoms with E-state index in [4.69, 9.17) is 0 Å². The summed E-state index contributed by atoms with van der Waals surface area (Å²) in [5.41, 5.74) is 8.58. The number of aryl methyl sites for hydroxylation is 3. The fourth-order valence-corrected chi connectivity index (χ4v) is 4.63. The normalized spacial score (nSPS) is 21.1. The smallest absolute Gasteiger partial charge is 0.193 e.